The molecule has 1 aliphatic rings. The summed E-state index contributed by atoms with van der Waals surface area (Å²) in [5, 5.41) is 11.1. The Kier molecular flexibility index (Phi) is 3.66. The number of rotatable bonds is 3. The number of ether oxygens (including phenoxy) is 1. The molecule has 4 rings (SSSR count). The van der Waals surface area contributed by atoms with Crippen LogP contribution in [-0.2, 0) is 17.8 Å². The number of carbonyl (C=O) groups excluding carboxylic acids is 1. The van der Waals surface area contributed by atoms with Crippen molar-refractivity contribution in [3.05, 3.63) is 33.8 Å². The van der Waals surface area contributed by atoms with Crippen molar-refractivity contribution in [1.82, 2.24) is 15.3 Å². The van der Waals surface area contributed by atoms with Crippen molar-refractivity contribution < 1.29 is 18.6 Å². The van der Waals surface area contributed by atoms with E-state index in [0.29, 0.717) is 41.3 Å². The van der Waals surface area contributed by atoms with Crippen molar-refractivity contribution in [3.8, 4) is 11.5 Å². The number of nitrogens with one attached hydrogen (secondary N) is 1. The second kappa shape index (κ2) is 5.84. The fraction of sp³-hybridized carbons (Fsp3) is 0.333. The summed E-state index contributed by atoms with van der Waals surface area (Å²) in [4.78, 5) is 17.9. The van der Waals surface area contributed by atoms with Crippen LogP contribution in [0.5, 0.6) is 0 Å². The van der Waals surface area contributed by atoms with Gasteiger partial charge < -0.3 is 19.1 Å². The van der Waals surface area contributed by atoms with Gasteiger partial charge in [-0.1, -0.05) is 10.3 Å². The first-order valence-electron chi connectivity index (χ1n) is 7.39. The Hall–Kier alpha value is -2.52. The summed E-state index contributed by atoms with van der Waals surface area (Å²) in [6.07, 6.45) is 2.14. The lowest BCUT2D eigenvalue weighted by Gasteiger charge is -2.12. The molecule has 0 fully saturated rings. The van der Waals surface area contributed by atoms with E-state index < -0.39 is 0 Å². The lowest BCUT2D eigenvalue weighted by Crippen LogP contribution is -2.12. The maximum Gasteiger partial charge on any atom is 0.261 e. The molecule has 0 radical (unpaired) electrons. The van der Waals surface area contributed by atoms with E-state index in [2.05, 4.69) is 20.6 Å². The molecule has 0 unspecified atom stereocenters. The Balaban J connectivity index is 1.76. The first-order valence-corrected chi connectivity index (χ1v) is 8.20. The molecule has 24 heavy (non-hydrogen) atoms. The Morgan fingerprint density at radius 3 is 2.92 bits per heavy atom. The SMILES string of the molecule is Cc1noc(-c2c(NC(=O)c3cnoc3C)sc3c2CCOC3)n1. The van der Waals surface area contributed by atoms with E-state index in [1.165, 1.54) is 17.5 Å². The van der Waals surface area contributed by atoms with Crippen LogP contribution in [0.2, 0.25) is 0 Å². The van der Waals surface area contributed by atoms with E-state index in [1.54, 1.807) is 13.8 Å². The van der Waals surface area contributed by atoms with Gasteiger partial charge >= 0.3 is 0 Å². The fourth-order valence-corrected chi connectivity index (χ4v) is 3.80. The van der Waals surface area contributed by atoms with E-state index in [0.717, 1.165) is 22.4 Å². The zero-order chi connectivity index (χ0) is 16.7. The number of carbonyl (C=O) groups is 1. The van der Waals surface area contributed by atoms with Gasteiger partial charge in [-0.05, 0) is 25.8 Å². The highest BCUT2D eigenvalue weighted by Gasteiger charge is 2.27. The highest BCUT2D eigenvalue weighted by atomic mass is 32.1. The van der Waals surface area contributed by atoms with Crippen LogP contribution in [0.1, 0.15) is 32.4 Å². The highest BCUT2D eigenvalue weighted by molar-refractivity contribution is 7.17. The highest BCUT2D eigenvalue weighted by Crippen LogP contribution is 2.42. The van der Waals surface area contributed by atoms with Crippen LogP contribution in [0.25, 0.3) is 11.5 Å². The van der Waals surface area contributed by atoms with Gasteiger partial charge in [-0.15, -0.1) is 11.3 Å². The standard InChI is InChI=1S/C15H14N4O4S/c1-7-10(5-16-22-7)13(20)18-15-12(14-17-8(2)19-23-14)9-3-4-21-6-11(9)24-15/h5H,3-4,6H2,1-2H3,(H,18,20). The lowest BCUT2D eigenvalue weighted by molar-refractivity contribution is 0.102. The van der Waals surface area contributed by atoms with Crippen LogP contribution in [0.15, 0.2) is 15.2 Å². The summed E-state index contributed by atoms with van der Waals surface area (Å²) in [6, 6.07) is 0. The third-order valence-electron chi connectivity index (χ3n) is 3.78. The van der Waals surface area contributed by atoms with Gasteiger partial charge in [-0.25, -0.2) is 0 Å². The number of aromatic nitrogens is 3. The monoisotopic (exact) mass is 346 g/mol. The number of anilines is 1. The van der Waals surface area contributed by atoms with Gasteiger partial charge in [-0.2, -0.15) is 4.98 Å². The lowest BCUT2D eigenvalue weighted by atomic mass is 10.1. The van der Waals surface area contributed by atoms with E-state index in [4.69, 9.17) is 13.8 Å². The van der Waals surface area contributed by atoms with Crippen LogP contribution < -0.4 is 5.32 Å². The minimum absolute atomic E-state index is 0.286. The zero-order valence-corrected chi connectivity index (χ0v) is 13.9. The molecule has 0 spiro atoms. The molecule has 0 bridgehead atoms. The van der Waals surface area contributed by atoms with Crippen LogP contribution in [0.4, 0.5) is 5.00 Å². The summed E-state index contributed by atoms with van der Waals surface area (Å²) >= 11 is 1.46. The molecule has 0 aromatic carbocycles. The van der Waals surface area contributed by atoms with Gasteiger partial charge in [0.25, 0.3) is 11.8 Å². The Bertz CT molecular complexity index is 911. The average molecular weight is 346 g/mol. The number of hydrogen-bond donors (Lipinski definition) is 1. The number of nitrogens with zero attached hydrogens (tertiary/aromatic N) is 3. The van der Waals surface area contributed by atoms with Crippen LogP contribution in [0.3, 0.4) is 0 Å². The number of thiophene rings is 1. The van der Waals surface area contributed by atoms with Crippen LogP contribution in [-0.4, -0.2) is 27.8 Å². The van der Waals surface area contributed by atoms with Crippen LogP contribution >= 0.6 is 11.3 Å². The van der Waals surface area contributed by atoms with Gasteiger partial charge in [0.1, 0.15) is 16.3 Å². The molecular formula is C15H14N4O4S. The van der Waals surface area contributed by atoms with E-state index in [1.807, 2.05) is 0 Å². The Labute approximate surface area is 140 Å². The van der Waals surface area contributed by atoms with E-state index in [-0.39, 0.29) is 5.91 Å². The predicted octanol–water partition coefficient (Wildman–Crippen LogP) is 2.73. The molecule has 4 heterocycles. The molecule has 0 saturated heterocycles. The van der Waals surface area contributed by atoms with Gasteiger partial charge in [0.15, 0.2) is 5.82 Å². The molecule has 0 saturated carbocycles. The maximum absolute atomic E-state index is 12.5. The van der Waals surface area contributed by atoms with Gasteiger partial charge in [0.2, 0.25) is 0 Å². The van der Waals surface area contributed by atoms with Crippen molar-refractivity contribution >= 4 is 22.2 Å². The van der Waals surface area contributed by atoms with Crippen molar-refractivity contribution in [1.29, 1.82) is 0 Å². The molecule has 1 amide bonds. The minimum Gasteiger partial charge on any atom is -0.376 e. The first-order chi connectivity index (χ1) is 11.6. The maximum atomic E-state index is 12.5. The number of amides is 1. The predicted molar refractivity (Wildman–Crippen MR) is 84.9 cm³/mol. The Morgan fingerprint density at radius 2 is 2.21 bits per heavy atom. The van der Waals surface area contributed by atoms with E-state index in [9.17, 15) is 4.79 Å². The Morgan fingerprint density at radius 1 is 1.33 bits per heavy atom. The number of fused-ring (bicyclic) bond motifs is 1. The molecule has 3 aromatic rings. The molecule has 1 aliphatic heterocycles. The fourth-order valence-electron chi connectivity index (χ4n) is 2.63. The van der Waals surface area contributed by atoms with Crippen molar-refractivity contribution in [2.24, 2.45) is 0 Å². The van der Waals surface area contributed by atoms with E-state index >= 15 is 0 Å². The molecule has 0 aliphatic carbocycles. The average Bonchev–Trinajstić information content (AvgIpc) is 3.25. The summed E-state index contributed by atoms with van der Waals surface area (Å²) in [6.45, 7) is 4.59. The smallest absolute Gasteiger partial charge is 0.261 e. The molecule has 3 aromatic heterocycles. The quantitative estimate of drug-likeness (QED) is 0.777. The third-order valence-corrected chi connectivity index (χ3v) is 4.91. The molecule has 0 atom stereocenters. The molecule has 124 valence electrons. The number of aryl methyl sites for hydroxylation is 2. The van der Waals surface area contributed by atoms with Crippen molar-refractivity contribution in [2.45, 2.75) is 26.9 Å². The van der Waals surface area contributed by atoms with Crippen molar-refractivity contribution in [2.75, 3.05) is 11.9 Å². The van der Waals surface area contributed by atoms with Crippen LogP contribution in [0, 0.1) is 13.8 Å². The normalized spacial score (nSPS) is 13.8. The first kappa shape index (κ1) is 15.0. The molecule has 8 nitrogen and oxygen atoms in total. The largest absolute Gasteiger partial charge is 0.376 e. The summed E-state index contributed by atoms with van der Waals surface area (Å²) < 4.78 is 15.8. The third kappa shape index (κ3) is 2.51. The summed E-state index contributed by atoms with van der Waals surface area (Å²) in [7, 11) is 0. The number of hydrogen-bond acceptors (Lipinski definition) is 8. The summed E-state index contributed by atoms with van der Waals surface area (Å²) in [5.74, 6) is 1.13. The van der Waals surface area contributed by atoms with Gasteiger partial charge in [0, 0.05) is 4.88 Å². The molecule has 9 heteroatoms. The second-order valence-corrected chi connectivity index (χ2v) is 6.51. The molecule has 1 N–H and O–H groups in total. The minimum atomic E-state index is -0.286. The topological polar surface area (TPSA) is 103 Å². The second-order valence-electron chi connectivity index (χ2n) is 5.41. The van der Waals surface area contributed by atoms with Gasteiger partial charge in [0.05, 0.1) is 25.0 Å². The summed E-state index contributed by atoms with van der Waals surface area (Å²) in [5.41, 5.74) is 2.26. The van der Waals surface area contributed by atoms with Gasteiger partial charge in [-0.3, -0.25) is 4.79 Å². The zero-order valence-electron chi connectivity index (χ0n) is 13.1. The van der Waals surface area contributed by atoms with Crippen molar-refractivity contribution in [3.63, 3.8) is 0 Å². The molecular weight excluding hydrogens is 332 g/mol.